The van der Waals surface area contributed by atoms with Crippen molar-refractivity contribution < 1.29 is 0 Å². The lowest BCUT2D eigenvalue weighted by molar-refractivity contribution is 0.397. The normalized spacial score (nSPS) is 19.5. The molecule has 1 aliphatic heterocycles. The number of benzene rings is 1. The van der Waals surface area contributed by atoms with E-state index in [1.807, 2.05) is 18.3 Å². The number of aromatic nitrogens is 2. The largest absolute Gasteiger partial charge is 0.351 e. The highest BCUT2D eigenvalue weighted by molar-refractivity contribution is 7.80. The average molecular weight is 405 g/mol. The molecule has 2 atom stereocenters. The smallest absolute Gasteiger partial charge is 0.174 e. The Morgan fingerprint density at radius 1 is 1.03 bits per heavy atom. The van der Waals surface area contributed by atoms with Gasteiger partial charge in [-0.1, -0.05) is 12.1 Å². The third-order valence-electron chi connectivity index (χ3n) is 5.41. The van der Waals surface area contributed by atoms with Crippen LogP contribution in [0, 0.1) is 13.8 Å². The summed E-state index contributed by atoms with van der Waals surface area (Å²) < 4.78 is 2.26. The van der Waals surface area contributed by atoms with Gasteiger partial charge in [0.2, 0.25) is 0 Å². The number of nitrogens with zero attached hydrogens (tertiary/aromatic N) is 3. The highest BCUT2D eigenvalue weighted by atomic mass is 32.1. The zero-order valence-corrected chi connectivity index (χ0v) is 18.5. The third kappa shape index (κ3) is 3.79. The minimum atomic E-state index is -0.0136. The molecule has 1 aliphatic rings. The summed E-state index contributed by atoms with van der Waals surface area (Å²) in [5.74, 6) is 0. The predicted octanol–water partition coefficient (Wildman–Crippen LogP) is 5.43. The number of thiocarbonyl (C=S) groups is 1. The summed E-state index contributed by atoms with van der Waals surface area (Å²) in [6.45, 7) is 10.9. The van der Waals surface area contributed by atoms with E-state index in [0.717, 1.165) is 16.5 Å². The van der Waals surface area contributed by atoms with Crippen molar-refractivity contribution in [3.8, 4) is 0 Å². The van der Waals surface area contributed by atoms with Crippen LogP contribution in [0.2, 0.25) is 0 Å². The minimum Gasteiger partial charge on any atom is -0.351 e. The summed E-state index contributed by atoms with van der Waals surface area (Å²) in [4.78, 5) is 6.88. The van der Waals surface area contributed by atoms with E-state index < -0.39 is 0 Å². The van der Waals surface area contributed by atoms with E-state index in [0.29, 0.717) is 0 Å². The first-order valence-electron chi connectivity index (χ1n) is 10.0. The maximum atomic E-state index is 5.82. The topological polar surface area (TPSA) is 33.1 Å². The fourth-order valence-corrected chi connectivity index (χ4v) is 4.41. The molecule has 0 unspecified atom stereocenters. The van der Waals surface area contributed by atoms with E-state index in [9.17, 15) is 0 Å². The second-order valence-corrected chi connectivity index (χ2v) is 9.25. The Hall–Kier alpha value is -2.66. The van der Waals surface area contributed by atoms with Gasteiger partial charge in [-0.15, -0.1) is 0 Å². The zero-order chi connectivity index (χ0) is 20.8. The van der Waals surface area contributed by atoms with Crippen molar-refractivity contribution in [2.45, 2.75) is 52.2 Å². The van der Waals surface area contributed by atoms with Gasteiger partial charge in [0, 0.05) is 29.8 Å². The Morgan fingerprint density at radius 2 is 1.76 bits per heavy atom. The van der Waals surface area contributed by atoms with E-state index in [2.05, 4.69) is 97.1 Å². The fraction of sp³-hybridized carbons (Fsp3) is 0.333. The first-order chi connectivity index (χ1) is 13.7. The lowest BCUT2D eigenvalue weighted by Gasteiger charge is -2.28. The summed E-state index contributed by atoms with van der Waals surface area (Å²) in [6, 6.07) is 14.9. The van der Waals surface area contributed by atoms with E-state index >= 15 is 0 Å². The molecule has 0 aliphatic carbocycles. The van der Waals surface area contributed by atoms with Crippen LogP contribution in [0.1, 0.15) is 55.2 Å². The molecule has 0 saturated carbocycles. The van der Waals surface area contributed by atoms with Gasteiger partial charge in [0.05, 0.1) is 17.8 Å². The van der Waals surface area contributed by atoms with Crippen LogP contribution in [-0.2, 0) is 5.54 Å². The van der Waals surface area contributed by atoms with Gasteiger partial charge in [-0.2, -0.15) is 0 Å². The Morgan fingerprint density at radius 3 is 2.34 bits per heavy atom. The van der Waals surface area contributed by atoms with Crippen LogP contribution in [0.4, 0.5) is 5.69 Å². The number of hydrogen-bond donors (Lipinski definition) is 1. The first kappa shape index (κ1) is 19.6. The molecule has 2 aromatic heterocycles. The van der Waals surface area contributed by atoms with Gasteiger partial charge >= 0.3 is 0 Å². The SMILES string of the molecule is Cc1cc(C)cc(N2C(=S)N[C@H](c3ccccn3)[C@@H]2c2ccn(C(C)(C)C)c2)c1. The Bertz CT molecular complexity index is 1010. The molecule has 150 valence electrons. The number of hydrogen-bond acceptors (Lipinski definition) is 2. The molecule has 4 nitrogen and oxygen atoms in total. The van der Waals surface area contributed by atoms with E-state index in [-0.39, 0.29) is 17.6 Å². The van der Waals surface area contributed by atoms with Gasteiger partial charge < -0.3 is 14.8 Å². The first-order valence-corrected chi connectivity index (χ1v) is 10.4. The summed E-state index contributed by atoms with van der Waals surface area (Å²) in [5, 5.41) is 4.28. The second kappa shape index (κ2) is 7.30. The highest BCUT2D eigenvalue weighted by Gasteiger charge is 2.41. The summed E-state index contributed by atoms with van der Waals surface area (Å²) in [5.41, 5.74) is 5.82. The molecule has 0 radical (unpaired) electrons. The molecule has 29 heavy (non-hydrogen) atoms. The highest BCUT2D eigenvalue weighted by Crippen LogP contribution is 2.42. The molecule has 0 spiro atoms. The van der Waals surface area contributed by atoms with Crippen molar-refractivity contribution in [1.29, 1.82) is 0 Å². The summed E-state index contributed by atoms with van der Waals surface area (Å²) >= 11 is 5.82. The molecule has 1 saturated heterocycles. The predicted molar refractivity (Wildman–Crippen MR) is 123 cm³/mol. The fourth-order valence-electron chi connectivity index (χ4n) is 4.07. The summed E-state index contributed by atoms with van der Waals surface area (Å²) in [7, 11) is 0. The maximum Gasteiger partial charge on any atom is 0.174 e. The monoisotopic (exact) mass is 404 g/mol. The van der Waals surface area contributed by atoms with Crippen molar-refractivity contribution >= 4 is 23.0 Å². The van der Waals surface area contributed by atoms with Crippen LogP contribution in [0.15, 0.2) is 61.1 Å². The van der Waals surface area contributed by atoms with Crippen molar-refractivity contribution in [2.24, 2.45) is 0 Å². The number of rotatable bonds is 3. The Labute approximate surface area is 178 Å². The van der Waals surface area contributed by atoms with Crippen molar-refractivity contribution in [1.82, 2.24) is 14.9 Å². The van der Waals surface area contributed by atoms with Gasteiger partial charge in [-0.25, -0.2) is 0 Å². The Balaban J connectivity index is 1.85. The van der Waals surface area contributed by atoms with Gasteiger partial charge in [0.15, 0.2) is 5.11 Å². The van der Waals surface area contributed by atoms with Crippen LogP contribution in [0.5, 0.6) is 0 Å². The minimum absolute atomic E-state index is 0.0136. The molecule has 1 N–H and O–H groups in total. The van der Waals surface area contributed by atoms with E-state index in [1.54, 1.807) is 0 Å². The zero-order valence-electron chi connectivity index (χ0n) is 17.7. The van der Waals surface area contributed by atoms with E-state index in [4.69, 9.17) is 12.2 Å². The number of nitrogens with one attached hydrogen (secondary N) is 1. The van der Waals surface area contributed by atoms with Gasteiger partial charge in [-0.3, -0.25) is 4.98 Å². The van der Waals surface area contributed by atoms with E-state index in [1.165, 1.54) is 16.7 Å². The van der Waals surface area contributed by atoms with Crippen molar-refractivity contribution in [3.63, 3.8) is 0 Å². The van der Waals surface area contributed by atoms with Gasteiger partial charge in [-0.05, 0) is 93.9 Å². The van der Waals surface area contributed by atoms with Crippen LogP contribution in [0.25, 0.3) is 0 Å². The molecule has 4 rings (SSSR count). The summed E-state index contributed by atoms with van der Waals surface area (Å²) in [6.07, 6.45) is 6.24. The molecular weight excluding hydrogens is 376 g/mol. The molecule has 3 heterocycles. The van der Waals surface area contributed by atoms with Crippen molar-refractivity contribution in [2.75, 3.05) is 4.90 Å². The van der Waals surface area contributed by atoms with Crippen LogP contribution < -0.4 is 10.2 Å². The number of pyridine rings is 1. The van der Waals surface area contributed by atoms with Gasteiger partial charge in [0.1, 0.15) is 0 Å². The maximum absolute atomic E-state index is 5.82. The lowest BCUT2D eigenvalue weighted by Crippen LogP contribution is -2.29. The molecular formula is C24H28N4S. The molecule has 0 bridgehead atoms. The molecule has 1 fully saturated rings. The molecule has 1 aromatic carbocycles. The molecule has 5 heteroatoms. The molecule has 3 aromatic rings. The molecule has 0 amide bonds. The quantitative estimate of drug-likeness (QED) is 0.590. The van der Waals surface area contributed by atoms with Crippen LogP contribution >= 0.6 is 12.2 Å². The number of anilines is 1. The standard InChI is InChI=1S/C24H28N4S/c1-16-12-17(2)14-19(13-16)28-22(18-9-11-27(15-18)24(3,4)5)21(26-23(28)29)20-8-6-7-10-25-20/h6-15,21-22H,1-5H3,(H,26,29)/t21-,22+/m1/s1. The van der Waals surface area contributed by atoms with Crippen molar-refractivity contribution in [3.05, 3.63) is 83.4 Å². The third-order valence-corrected chi connectivity index (χ3v) is 5.73. The number of aryl methyl sites for hydroxylation is 2. The van der Waals surface area contributed by atoms with Crippen LogP contribution in [0.3, 0.4) is 0 Å². The Kier molecular flexibility index (Phi) is 4.95. The second-order valence-electron chi connectivity index (χ2n) is 8.87. The lowest BCUT2D eigenvalue weighted by atomic mass is 9.98. The average Bonchev–Trinajstić information content (AvgIpc) is 3.26. The van der Waals surface area contributed by atoms with Crippen LogP contribution in [-0.4, -0.2) is 14.7 Å². The van der Waals surface area contributed by atoms with Gasteiger partial charge in [0.25, 0.3) is 0 Å².